The standard InChI is InChI=1S/C22H27N5O3/c1-27-12-16(15-8-4-5-9-17(15)27)22(10-6-7-11-22)13-23-21(28)26-18-19(29-2)24-14-25-20(18)30-3/h4-5,8-9,12,14H,6-7,10-11,13H2,1-3H3,(H2,23,26,28). The molecule has 1 aromatic carbocycles. The molecule has 158 valence electrons. The van der Waals surface area contributed by atoms with Crippen molar-refractivity contribution in [3.8, 4) is 11.8 Å². The number of carbonyl (C=O) groups excluding carboxylic acids is 1. The molecule has 2 N–H and O–H groups in total. The van der Waals surface area contributed by atoms with Crippen LogP contribution in [0, 0.1) is 0 Å². The van der Waals surface area contributed by atoms with Gasteiger partial charge < -0.3 is 19.4 Å². The molecule has 2 amide bonds. The number of carbonyl (C=O) groups is 1. The highest BCUT2D eigenvalue weighted by Crippen LogP contribution is 2.44. The van der Waals surface area contributed by atoms with Crippen LogP contribution in [0.1, 0.15) is 31.2 Å². The van der Waals surface area contributed by atoms with Crippen molar-refractivity contribution in [3.05, 3.63) is 42.4 Å². The molecule has 3 aromatic rings. The number of methoxy groups -OCH3 is 2. The number of rotatable bonds is 6. The normalized spacial score (nSPS) is 15.2. The highest BCUT2D eigenvalue weighted by molar-refractivity contribution is 5.92. The summed E-state index contributed by atoms with van der Waals surface area (Å²) in [5.41, 5.74) is 2.74. The molecule has 0 bridgehead atoms. The summed E-state index contributed by atoms with van der Waals surface area (Å²) in [4.78, 5) is 20.8. The number of nitrogens with one attached hydrogen (secondary N) is 2. The molecule has 30 heavy (non-hydrogen) atoms. The van der Waals surface area contributed by atoms with Crippen molar-refractivity contribution in [1.29, 1.82) is 0 Å². The predicted octanol–water partition coefficient (Wildman–Crippen LogP) is 3.62. The molecule has 2 heterocycles. The lowest BCUT2D eigenvalue weighted by Crippen LogP contribution is -2.41. The number of nitrogens with zero attached hydrogens (tertiary/aromatic N) is 3. The molecule has 4 rings (SSSR count). The number of urea groups is 1. The van der Waals surface area contributed by atoms with Gasteiger partial charge in [0, 0.05) is 36.1 Å². The van der Waals surface area contributed by atoms with Crippen molar-refractivity contribution >= 4 is 22.6 Å². The van der Waals surface area contributed by atoms with Gasteiger partial charge in [0.25, 0.3) is 0 Å². The van der Waals surface area contributed by atoms with Crippen LogP contribution < -0.4 is 20.1 Å². The number of para-hydroxylation sites is 1. The van der Waals surface area contributed by atoms with Gasteiger partial charge in [0.1, 0.15) is 6.33 Å². The second kappa shape index (κ2) is 8.22. The first kappa shape index (κ1) is 20.0. The fourth-order valence-corrected chi connectivity index (χ4v) is 4.54. The van der Waals surface area contributed by atoms with E-state index in [9.17, 15) is 4.79 Å². The van der Waals surface area contributed by atoms with E-state index in [4.69, 9.17) is 9.47 Å². The Labute approximate surface area is 175 Å². The van der Waals surface area contributed by atoms with Gasteiger partial charge in [-0.2, -0.15) is 9.97 Å². The summed E-state index contributed by atoms with van der Waals surface area (Å²) in [6.45, 7) is 0.547. The fourth-order valence-electron chi connectivity index (χ4n) is 4.54. The third-order valence-corrected chi connectivity index (χ3v) is 6.02. The van der Waals surface area contributed by atoms with Gasteiger partial charge in [0.15, 0.2) is 5.69 Å². The average Bonchev–Trinajstić information content (AvgIpc) is 3.38. The molecule has 0 saturated heterocycles. The molecule has 0 radical (unpaired) electrons. The van der Waals surface area contributed by atoms with Crippen molar-refractivity contribution in [3.63, 3.8) is 0 Å². The van der Waals surface area contributed by atoms with Crippen LogP contribution in [0.4, 0.5) is 10.5 Å². The molecule has 0 aliphatic heterocycles. The Hall–Kier alpha value is -3.29. The summed E-state index contributed by atoms with van der Waals surface area (Å²) in [5, 5.41) is 7.10. The van der Waals surface area contributed by atoms with Gasteiger partial charge in [0.2, 0.25) is 11.8 Å². The molecule has 1 aliphatic carbocycles. The largest absolute Gasteiger partial charge is 0.479 e. The minimum Gasteiger partial charge on any atom is -0.479 e. The number of hydrogen-bond donors (Lipinski definition) is 2. The van der Waals surface area contributed by atoms with Crippen LogP contribution in [-0.2, 0) is 12.5 Å². The average molecular weight is 409 g/mol. The van der Waals surface area contributed by atoms with Crippen molar-refractivity contribution < 1.29 is 14.3 Å². The third kappa shape index (κ3) is 3.53. The first-order valence-electron chi connectivity index (χ1n) is 10.1. The zero-order valence-corrected chi connectivity index (χ0v) is 17.6. The van der Waals surface area contributed by atoms with Crippen LogP contribution >= 0.6 is 0 Å². The Morgan fingerprint density at radius 2 is 1.80 bits per heavy atom. The maximum absolute atomic E-state index is 12.8. The lowest BCUT2D eigenvalue weighted by Gasteiger charge is -2.29. The van der Waals surface area contributed by atoms with E-state index in [1.165, 1.54) is 37.0 Å². The first-order valence-corrected chi connectivity index (χ1v) is 10.1. The number of amides is 2. The van der Waals surface area contributed by atoms with Gasteiger partial charge in [-0.05, 0) is 24.5 Å². The Morgan fingerprint density at radius 3 is 2.47 bits per heavy atom. The van der Waals surface area contributed by atoms with Crippen LogP contribution in [0.25, 0.3) is 10.9 Å². The smallest absolute Gasteiger partial charge is 0.319 e. The van der Waals surface area contributed by atoms with E-state index in [1.807, 2.05) is 0 Å². The Bertz CT molecular complexity index is 1030. The summed E-state index contributed by atoms with van der Waals surface area (Å²) < 4.78 is 12.6. The van der Waals surface area contributed by atoms with Gasteiger partial charge >= 0.3 is 6.03 Å². The molecule has 8 heteroatoms. The van der Waals surface area contributed by atoms with E-state index in [1.54, 1.807) is 0 Å². The Kier molecular flexibility index (Phi) is 5.48. The number of benzene rings is 1. The number of aromatic nitrogens is 3. The van der Waals surface area contributed by atoms with E-state index >= 15 is 0 Å². The highest BCUT2D eigenvalue weighted by atomic mass is 16.5. The maximum atomic E-state index is 12.8. The quantitative estimate of drug-likeness (QED) is 0.649. The molecule has 1 saturated carbocycles. The van der Waals surface area contributed by atoms with Crippen LogP contribution in [0.2, 0.25) is 0 Å². The van der Waals surface area contributed by atoms with Gasteiger partial charge in [0.05, 0.1) is 14.2 Å². The first-order chi connectivity index (χ1) is 14.6. The zero-order chi connectivity index (χ0) is 21.1. The fraction of sp³-hybridized carbons (Fsp3) is 0.409. The van der Waals surface area contributed by atoms with E-state index in [0.717, 1.165) is 25.7 Å². The topological polar surface area (TPSA) is 90.3 Å². The van der Waals surface area contributed by atoms with Crippen molar-refractivity contribution in [2.45, 2.75) is 31.1 Å². The van der Waals surface area contributed by atoms with Gasteiger partial charge in [-0.15, -0.1) is 0 Å². The van der Waals surface area contributed by atoms with Crippen LogP contribution in [0.15, 0.2) is 36.8 Å². The van der Waals surface area contributed by atoms with Crippen molar-refractivity contribution in [1.82, 2.24) is 19.9 Å². The summed E-state index contributed by atoms with van der Waals surface area (Å²) in [7, 11) is 5.04. The zero-order valence-electron chi connectivity index (χ0n) is 17.6. The monoisotopic (exact) mass is 409 g/mol. The number of fused-ring (bicyclic) bond motifs is 1. The molecular formula is C22H27N5O3. The lowest BCUT2D eigenvalue weighted by molar-refractivity contribution is 0.248. The minimum absolute atomic E-state index is 0.0838. The Balaban J connectivity index is 1.56. The molecule has 2 aromatic heterocycles. The molecule has 0 unspecified atom stereocenters. The maximum Gasteiger partial charge on any atom is 0.319 e. The van der Waals surface area contributed by atoms with Crippen LogP contribution in [0.3, 0.4) is 0 Å². The van der Waals surface area contributed by atoms with E-state index in [2.05, 4.69) is 62.7 Å². The Morgan fingerprint density at radius 1 is 1.13 bits per heavy atom. The molecule has 1 aliphatic rings. The third-order valence-electron chi connectivity index (χ3n) is 6.02. The number of ether oxygens (including phenoxy) is 2. The van der Waals surface area contributed by atoms with Crippen molar-refractivity contribution in [2.24, 2.45) is 7.05 Å². The van der Waals surface area contributed by atoms with Crippen molar-refractivity contribution in [2.75, 3.05) is 26.1 Å². The second-order valence-corrected chi connectivity index (χ2v) is 7.73. The minimum atomic E-state index is -0.340. The summed E-state index contributed by atoms with van der Waals surface area (Å²) in [6.07, 6.45) is 7.94. The van der Waals surface area contributed by atoms with Gasteiger partial charge in [-0.3, -0.25) is 5.32 Å². The summed E-state index contributed by atoms with van der Waals surface area (Å²) in [5.74, 6) is 0.503. The summed E-state index contributed by atoms with van der Waals surface area (Å²) in [6, 6.07) is 8.09. The summed E-state index contributed by atoms with van der Waals surface area (Å²) >= 11 is 0. The van der Waals surface area contributed by atoms with Crippen LogP contribution in [-0.4, -0.2) is 41.3 Å². The van der Waals surface area contributed by atoms with E-state index < -0.39 is 0 Å². The number of aryl methyl sites for hydroxylation is 1. The molecular weight excluding hydrogens is 382 g/mol. The predicted molar refractivity (Wildman–Crippen MR) is 115 cm³/mol. The second-order valence-electron chi connectivity index (χ2n) is 7.73. The lowest BCUT2D eigenvalue weighted by atomic mass is 9.78. The molecule has 1 fully saturated rings. The number of hydrogen-bond acceptors (Lipinski definition) is 5. The SMILES string of the molecule is COc1ncnc(OC)c1NC(=O)NCC1(c2cn(C)c3ccccc23)CCCC1. The molecule has 8 nitrogen and oxygen atoms in total. The van der Waals surface area contributed by atoms with Gasteiger partial charge in [-0.1, -0.05) is 31.0 Å². The number of anilines is 1. The molecule has 0 spiro atoms. The van der Waals surface area contributed by atoms with E-state index in [0.29, 0.717) is 12.2 Å². The highest BCUT2D eigenvalue weighted by Gasteiger charge is 2.38. The van der Waals surface area contributed by atoms with Crippen LogP contribution in [0.5, 0.6) is 11.8 Å². The molecule has 0 atom stereocenters. The van der Waals surface area contributed by atoms with Gasteiger partial charge in [-0.25, -0.2) is 4.79 Å². The van der Waals surface area contributed by atoms with E-state index in [-0.39, 0.29) is 23.2 Å².